The Balaban J connectivity index is 1.68. The molecule has 1 aliphatic rings. The summed E-state index contributed by atoms with van der Waals surface area (Å²) in [5, 5.41) is 22.0. The number of nitro benzene ring substituents is 1. The third kappa shape index (κ3) is 4.22. The van der Waals surface area contributed by atoms with E-state index in [0.29, 0.717) is 37.3 Å². The number of piperazine rings is 1. The van der Waals surface area contributed by atoms with E-state index in [-0.39, 0.29) is 16.1 Å². The number of benzene rings is 3. The maximum atomic E-state index is 13.3. The second kappa shape index (κ2) is 8.46. The van der Waals surface area contributed by atoms with Crippen LogP contribution in [0, 0.1) is 10.1 Å². The first-order valence-corrected chi connectivity index (χ1v) is 11.6. The van der Waals surface area contributed by atoms with Gasteiger partial charge in [-0.3, -0.25) is 10.1 Å². The van der Waals surface area contributed by atoms with Gasteiger partial charge < -0.3 is 14.9 Å². The molecule has 0 aromatic heterocycles. The summed E-state index contributed by atoms with van der Waals surface area (Å²) < 4.78 is 26.6. The van der Waals surface area contributed by atoms with Crippen molar-refractivity contribution < 1.29 is 23.2 Å². The summed E-state index contributed by atoms with van der Waals surface area (Å²) in [6.45, 7) is 1.44. The fourth-order valence-corrected chi connectivity index (χ4v) is 5.57. The van der Waals surface area contributed by atoms with Gasteiger partial charge in [0.1, 0.15) is 0 Å². The molecule has 0 bridgehead atoms. The zero-order chi connectivity index (χ0) is 22.9. The summed E-state index contributed by atoms with van der Waals surface area (Å²) in [4.78, 5) is 25.5. The quantitative estimate of drug-likeness (QED) is 0.461. The molecule has 10 heteroatoms. The van der Waals surface area contributed by atoms with Crippen molar-refractivity contribution in [1.82, 2.24) is 4.90 Å². The maximum absolute atomic E-state index is 13.3. The lowest BCUT2D eigenvalue weighted by Gasteiger charge is -2.34. The summed E-state index contributed by atoms with van der Waals surface area (Å²) in [5.41, 5.74) is 0.464. The van der Waals surface area contributed by atoms with Crippen LogP contribution >= 0.6 is 0 Å². The second-order valence-electron chi connectivity index (χ2n) is 7.56. The Morgan fingerprint density at radius 3 is 2.38 bits per heavy atom. The first-order chi connectivity index (χ1) is 15.3. The third-order valence-electron chi connectivity index (χ3n) is 5.61. The predicted molar refractivity (Wildman–Crippen MR) is 120 cm³/mol. The number of nitro groups is 1. The number of carbonyl (C=O) groups is 1. The molecule has 1 heterocycles. The third-order valence-corrected chi connectivity index (χ3v) is 7.32. The maximum Gasteiger partial charge on any atom is 0.407 e. The minimum Gasteiger partial charge on any atom is -0.465 e. The van der Waals surface area contributed by atoms with Crippen LogP contribution in [0.4, 0.5) is 16.2 Å². The van der Waals surface area contributed by atoms with Crippen molar-refractivity contribution in [2.24, 2.45) is 0 Å². The molecule has 32 heavy (non-hydrogen) atoms. The molecule has 0 saturated carbocycles. The average molecular weight is 455 g/mol. The Bertz CT molecular complexity index is 1290. The predicted octanol–water partition coefficient (Wildman–Crippen LogP) is 3.52. The molecule has 1 fully saturated rings. The van der Waals surface area contributed by atoms with Gasteiger partial charge in [0, 0.05) is 48.9 Å². The molecule has 0 unspecified atom stereocenters. The van der Waals surface area contributed by atoms with Crippen LogP contribution in [-0.4, -0.2) is 55.6 Å². The van der Waals surface area contributed by atoms with Crippen LogP contribution in [0.3, 0.4) is 0 Å². The second-order valence-corrected chi connectivity index (χ2v) is 9.52. The van der Waals surface area contributed by atoms with Gasteiger partial charge in [0.2, 0.25) is 0 Å². The van der Waals surface area contributed by atoms with Gasteiger partial charge in [0.15, 0.2) is 9.84 Å². The van der Waals surface area contributed by atoms with E-state index in [0.717, 1.165) is 5.39 Å². The van der Waals surface area contributed by atoms with Crippen molar-refractivity contribution in [3.8, 4) is 0 Å². The average Bonchev–Trinajstić information content (AvgIpc) is 2.78. The van der Waals surface area contributed by atoms with Crippen molar-refractivity contribution >= 4 is 38.1 Å². The largest absolute Gasteiger partial charge is 0.465 e. The highest BCUT2D eigenvalue weighted by Gasteiger charge is 2.26. The van der Waals surface area contributed by atoms with Crippen molar-refractivity contribution in [1.29, 1.82) is 0 Å². The molecule has 3 aromatic rings. The van der Waals surface area contributed by atoms with E-state index in [1.165, 1.54) is 23.1 Å². The fourth-order valence-electron chi connectivity index (χ4n) is 3.97. The van der Waals surface area contributed by atoms with Crippen LogP contribution in [0.2, 0.25) is 0 Å². The van der Waals surface area contributed by atoms with E-state index in [9.17, 15) is 23.3 Å². The van der Waals surface area contributed by atoms with Crippen LogP contribution in [0.15, 0.2) is 65.6 Å². The molecule has 1 N–H and O–H groups in total. The molecule has 9 nitrogen and oxygen atoms in total. The van der Waals surface area contributed by atoms with Gasteiger partial charge in [-0.25, -0.2) is 13.2 Å². The first-order valence-electron chi connectivity index (χ1n) is 9.97. The van der Waals surface area contributed by atoms with Gasteiger partial charge in [-0.15, -0.1) is 0 Å². The Labute approximate surface area is 184 Å². The highest BCUT2D eigenvalue weighted by molar-refractivity contribution is 7.90. The van der Waals surface area contributed by atoms with Crippen LogP contribution in [0.1, 0.15) is 5.56 Å². The molecule has 166 valence electrons. The Kier molecular flexibility index (Phi) is 5.70. The monoisotopic (exact) mass is 455 g/mol. The lowest BCUT2D eigenvalue weighted by atomic mass is 10.1. The molecule has 1 saturated heterocycles. The standard InChI is InChI=1S/C22H21N3O6S/c26-22(27)24-12-10-23(11-13-24)18-8-9-20(25(28)29)17(14-18)15-32(30,31)21-7-3-5-16-4-1-2-6-19(16)21/h1-9,14H,10-13,15H2,(H,26,27). The topological polar surface area (TPSA) is 121 Å². The fraction of sp³-hybridized carbons (Fsp3) is 0.227. The molecule has 1 aliphatic heterocycles. The minimum atomic E-state index is -3.87. The van der Waals surface area contributed by atoms with Crippen molar-refractivity contribution in [2.45, 2.75) is 10.6 Å². The number of carboxylic acid groups (broad SMARTS) is 1. The lowest BCUT2D eigenvalue weighted by molar-refractivity contribution is -0.385. The Hall–Kier alpha value is -3.66. The van der Waals surface area contributed by atoms with E-state index >= 15 is 0 Å². The highest BCUT2D eigenvalue weighted by atomic mass is 32.2. The van der Waals surface area contributed by atoms with Crippen molar-refractivity contribution in [3.63, 3.8) is 0 Å². The van der Waals surface area contributed by atoms with E-state index < -0.39 is 26.6 Å². The zero-order valence-corrected chi connectivity index (χ0v) is 17.9. The first kappa shape index (κ1) is 21.6. The number of rotatable bonds is 5. The van der Waals surface area contributed by atoms with Crippen LogP contribution in [-0.2, 0) is 15.6 Å². The summed E-state index contributed by atoms with van der Waals surface area (Å²) in [6.07, 6.45) is -0.991. The minimum absolute atomic E-state index is 0.0982. The van der Waals surface area contributed by atoms with Gasteiger partial charge in [0.05, 0.1) is 15.6 Å². The highest BCUT2D eigenvalue weighted by Crippen LogP contribution is 2.31. The van der Waals surface area contributed by atoms with Gasteiger partial charge in [-0.1, -0.05) is 36.4 Å². The summed E-state index contributed by atoms with van der Waals surface area (Å²) in [7, 11) is -3.87. The smallest absolute Gasteiger partial charge is 0.407 e. The van der Waals surface area contributed by atoms with Gasteiger partial charge >= 0.3 is 6.09 Å². The van der Waals surface area contributed by atoms with E-state index in [2.05, 4.69) is 0 Å². The van der Waals surface area contributed by atoms with Crippen molar-refractivity contribution in [2.75, 3.05) is 31.1 Å². The Morgan fingerprint density at radius 1 is 1.00 bits per heavy atom. The molecular formula is C22H21N3O6S. The molecule has 4 rings (SSSR count). The number of hydrogen-bond acceptors (Lipinski definition) is 6. The van der Waals surface area contributed by atoms with E-state index in [1.54, 1.807) is 24.3 Å². The summed E-state index contributed by atoms with van der Waals surface area (Å²) in [5.74, 6) is -0.514. The number of nitrogens with zero attached hydrogens (tertiary/aromatic N) is 3. The molecule has 0 atom stereocenters. The van der Waals surface area contributed by atoms with Gasteiger partial charge in [-0.05, 0) is 23.6 Å². The number of anilines is 1. The Morgan fingerprint density at radius 2 is 1.69 bits per heavy atom. The number of hydrogen-bond donors (Lipinski definition) is 1. The molecule has 0 aliphatic carbocycles. The summed E-state index contributed by atoms with van der Waals surface area (Å²) in [6, 6.07) is 16.5. The number of sulfone groups is 1. The molecule has 0 radical (unpaired) electrons. The molecule has 1 amide bonds. The van der Waals surface area contributed by atoms with E-state index in [1.807, 2.05) is 23.1 Å². The zero-order valence-electron chi connectivity index (χ0n) is 17.0. The number of amides is 1. The SMILES string of the molecule is O=C(O)N1CCN(c2ccc([N+](=O)[O-])c(CS(=O)(=O)c3cccc4ccccc34)c2)CC1. The van der Waals surface area contributed by atoms with Crippen LogP contribution in [0.5, 0.6) is 0 Å². The van der Waals surface area contributed by atoms with Crippen molar-refractivity contribution in [3.05, 3.63) is 76.3 Å². The summed E-state index contributed by atoms with van der Waals surface area (Å²) >= 11 is 0. The molecule has 3 aromatic carbocycles. The molecule has 0 spiro atoms. The lowest BCUT2D eigenvalue weighted by Crippen LogP contribution is -2.48. The molecular weight excluding hydrogens is 434 g/mol. The normalized spacial score (nSPS) is 14.5. The van der Waals surface area contributed by atoms with Gasteiger partial charge in [-0.2, -0.15) is 0 Å². The van der Waals surface area contributed by atoms with Crippen LogP contribution < -0.4 is 4.90 Å². The van der Waals surface area contributed by atoms with Crippen LogP contribution in [0.25, 0.3) is 10.8 Å². The van der Waals surface area contributed by atoms with E-state index in [4.69, 9.17) is 5.11 Å². The van der Waals surface area contributed by atoms with Gasteiger partial charge in [0.25, 0.3) is 5.69 Å². The number of fused-ring (bicyclic) bond motifs is 1.